The molecule has 0 atom stereocenters. The molecule has 0 aliphatic carbocycles. The van der Waals surface area contributed by atoms with Crippen molar-refractivity contribution in [2.45, 2.75) is 32.6 Å². The first-order valence-corrected chi connectivity index (χ1v) is 10.1. The Morgan fingerprint density at radius 3 is 2.35 bits per heavy atom. The third-order valence-corrected chi connectivity index (χ3v) is 5.64. The molecule has 0 spiro atoms. The minimum absolute atomic E-state index is 0.0925. The number of para-hydroxylation sites is 1. The highest BCUT2D eigenvalue weighted by atomic mass is 32.2. The maximum absolute atomic E-state index is 12.9. The van der Waals surface area contributed by atoms with Gasteiger partial charge in [-0.25, -0.2) is 12.7 Å². The Bertz CT molecular complexity index is 608. The molecule has 0 radical (unpaired) electrons. The van der Waals surface area contributed by atoms with Crippen molar-refractivity contribution in [3.05, 3.63) is 30.3 Å². The van der Waals surface area contributed by atoms with Crippen LogP contribution in [0.25, 0.3) is 0 Å². The molecule has 1 saturated heterocycles. The van der Waals surface area contributed by atoms with Crippen molar-refractivity contribution in [1.29, 1.82) is 0 Å². The summed E-state index contributed by atoms with van der Waals surface area (Å²) >= 11 is 0. The topological polar surface area (TPSA) is 57.7 Å². The van der Waals surface area contributed by atoms with Crippen LogP contribution < -0.4 is 4.90 Å². The number of piperidine rings is 1. The second-order valence-corrected chi connectivity index (χ2v) is 8.10. The fourth-order valence-corrected chi connectivity index (χ4v) is 3.82. The second-order valence-electron chi connectivity index (χ2n) is 6.12. The van der Waals surface area contributed by atoms with E-state index in [0.717, 1.165) is 18.5 Å². The standard InChI is InChI=1S/C17H26N2O3S/c1-3-4-12-19(16-8-6-5-7-9-16)17(20)15-10-13-18(14-11-15)23(2,21)22/h5-9,15H,3-4,10-14H2,1-2H3. The minimum Gasteiger partial charge on any atom is -0.312 e. The van der Waals surface area contributed by atoms with E-state index in [1.807, 2.05) is 35.2 Å². The first-order valence-electron chi connectivity index (χ1n) is 8.25. The number of carbonyl (C=O) groups is 1. The van der Waals surface area contributed by atoms with Crippen LogP contribution in [0.5, 0.6) is 0 Å². The van der Waals surface area contributed by atoms with Crippen LogP contribution in [0.1, 0.15) is 32.6 Å². The summed E-state index contributed by atoms with van der Waals surface area (Å²) in [6.07, 6.45) is 4.42. The van der Waals surface area contributed by atoms with E-state index in [2.05, 4.69) is 6.92 Å². The molecule has 2 rings (SSSR count). The Balaban J connectivity index is 2.07. The number of sulfonamides is 1. The summed E-state index contributed by atoms with van der Waals surface area (Å²) in [4.78, 5) is 14.8. The lowest BCUT2D eigenvalue weighted by Crippen LogP contribution is -2.44. The van der Waals surface area contributed by atoms with Crippen molar-refractivity contribution in [2.24, 2.45) is 5.92 Å². The number of carbonyl (C=O) groups excluding carboxylic acids is 1. The highest BCUT2D eigenvalue weighted by molar-refractivity contribution is 7.88. The highest BCUT2D eigenvalue weighted by Gasteiger charge is 2.31. The van der Waals surface area contributed by atoms with Gasteiger partial charge in [0.1, 0.15) is 0 Å². The van der Waals surface area contributed by atoms with Gasteiger partial charge in [0.05, 0.1) is 6.26 Å². The molecular formula is C17H26N2O3S. The van der Waals surface area contributed by atoms with E-state index in [1.54, 1.807) is 0 Å². The molecule has 0 aromatic heterocycles. The molecule has 0 unspecified atom stereocenters. The van der Waals surface area contributed by atoms with Gasteiger partial charge in [0.15, 0.2) is 0 Å². The summed E-state index contributed by atoms with van der Waals surface area (Å²) in [5.74, 6) is 0.0304. The quantitative estimate of drug-likeness (QED) is 0.801. The molecule has 1 aromatic carbocycles. The van der Waals surface area contributed by atoms with Crippen molar-refractivity contribution in [1.82, 2.24) is 4.31 Å². The number of hydrogen-bond donors (Lipinski definition) is 0. The van der Waals surface area contributed by atoms with Crippen molar-refractivity contribution in [3.63, 3.8) is 0 Å². The van der Waals surface area contributed by atoms with Crippen LogP contribution in [0.15, 0.2) is 30.3 Å². The van der Waals surface area contributed by atoms with Gasteiger partial charge in [-0.15, -0.1) is 0 Å². The van der Waals surface area contributed by atoms with Crippen LogP contribution in [0.2, 0.25) is 0 Å². The van der Waals surface area contributed by atoms with Gasteiger partial charge in [0.2, 0.25) is 15.9 Å². The number of anilines is 1. The molecule has 5 nitrogen and oxygen atoms in total. The maximum Gasteiger partial charge on any atom is 0.230 e. The molecule has 1 aliphatic rings. The van der Waals surface area contributed by atoms with Crippen molar-refractivity contribution in [2.75, 3.05) is 30.8 Å². The minimum atomic E-state index is -3.15. The van der Waals surface area contributed by atoms with Crippen molar-refractivity contribution < 1.29 is 13.2 Å². The molecule has 1 aliphatic heterocycles. The lowest BCUT2D eigenvalue weighted by molar-refractivity contribution is -0.123. The molecule has 1 fully saturated rings. The average molecular weight is 338 g/mol. The Hall–Kier alpha value is -1.40. The van der Waals surface area contributed by atoms with Gasteiger partial charge in [-0.1, -0.05) is 31.5 Å². The lowest BCUT2D eigenvalue weighted by atomic mass is 9.96. The Kier molecular flexibility index (Phi) is 6.18. The highest BCUT2D eigenvalue weighted by Crippen LogP contribution is 2.24. The first-order chi connectivity index (χ1) is 10.9. The molecule has 6 heteroatoms. The molecule has 1 amide bonds. The SMILES string of the molecule is CCCCN(C(=O)C1CCN(S(C)(=O)=O)CC1)c1ccccc1. The van der Waals surface area contributed by atoms with Crippen molar-refractivity contribution in [3.8, 4) is 0 Å². The van der Waals surface area contributed by atoms with Crippen LogP contribution in [0.4, 0.5) is 5.69 Å². The third kappa shape index (κ3) is 4.78. The first kappa shape index (κ1) is 17.9. The van der Waals surface area contributed by atoms with Gasteiger partial charge in [-0.05, 0) is 31.4 Å². The number of benzene rings is 1. The molecule has 0 bridgehead atoms. The van der Waals surface area contributed by atoms with Gasteiger partial charge < -0.3 is 4.90 Å². The van der Waals surface area contributed by atoms with E-state index >= 15 is 0 Å². The van der Waals surface area contributed by atoms with Gasteiger partial charge >= 0.3 is 0 Å². The number of nitrogens with zero attached hydrogens (tertiary/aromatic N) is 2. The summed E-state index contributed by atoms with van der Waals surface area (Å²) in [6, 6.07) is 9.73. The third-order valence-electron chi connectivity index (χ3n) is 4.34. The number of amides is 1. The maximum atomic E-state index is 12.9. The van der Waals surface area contributed by atoms with Crippen LogP contribution in [0, 0.1) is 5.92 Å². The molecule has 23 heavy (non-hydrogen) atoms. The predicted octanol–water partition coefficient (Wildman–Crippen LogP) is 2.49. The van der Waals surface area contributed by atoms with Gasteiger partial charge in [0.25, 0.3) is 0 Å². The number of rotatable bonds is 6. The van der Waals surface area contributed by atoms with E-state index in [4.69, 9.17) is 0 Å². The zero-order valence-electron chi connectivity index (χ0n) is 13.9. The second kappa shape index (κ2) is 7.93. The zero-order valence-corrected chi connectivity index (χ0v) is 14.8. The monoisotopic (exact) mass is 338 g/mol. The van der Waals surface area contributed by atoms with E-state index in [9.17, 15) is 13.2 Å². The van der Waals surface area contributed by atoms with Crippen LogP contribution in [-0.4, -0.2) is 44.5 Å². The van der Waals surface area contributed by atoms with E-state index in [0.29, 0.717) is 32.5 Å². The molecule has 1 heterocycles. The van der Waals surface area contributed by atoms with Crippen LogP contribution in [-0.2, 0) is 14.8 Å². The molecule has 1 aromatic rings. The summed E-state index contributed by atoms with van der Waals surface area (Å²) in [6.45, 7) is 3.70. The van der Waals surface area contributed by atoms with Crippen molar-refractivity contribution >= 4 is 21.6 Å². The Labute approximate surface area is 139 Å². The summed E-state index contributed by atoms with van der Waals surface area (Å²) in [5.41, 5.74) is 0.927. The molecule has 128 valence electrons. The summed E-state index contributed by atoms with van der Waals surface area (Å²) in [5, 5.41) is 0. The van der Waals surface area contributed by atoms with Gasteiger partial charge in [0, 0.05) is 31.2 Å². The smallest absolute Gasteiger partial charge is 0.230 e. The normalized spacial score (nSPS) is 17.1. The molecule has 0 N–H and O–H groups in total. The largest absolute Gasteiger partial charge is 0.312 e. The van der Waals surface area contributed by atoms with E-state index < -0.39 is 10.0 Å². The van der Waals surface area contributed by atoms with Gasteiger partial charge in [-0.3, -0.25) is 4.79 Å². The fraction of sp³-hybridized carbons (Fsp3) is 0.588. The summed E-state index contributed by atoms with van der Waals surface area (Å²) < 4.78 is 24.6. The number of unbranched alkanes of at least 4 members (excludes halogenated alkanes) is 1. The van der Waals surface area contributed by atoms with Gasteiger partial charge in [-0.2, -0.15) is 0 Å². The summed E-state index contributed by atoms with van der Waals surface area (Å²) in [7, 11) is -3.15. The zero-order chi connectivity index (χ0) is 16.9. The number of hydrogen-bond acceptors (Lipinski definition) is 3. The van der Waals surface area contributed by atoms with Crippen LogP contribution in [0.3, 0.4) is 0 Å². The predicted molar refractivity (Wildman–Crippen MR) is 92.8 cm³/mol. The molecule has 0 saturated carbocycles. The molecular weight excluding hydrogens is 312 g/mol. The van der Waals surface area contributed by atoms with Crippen LogP contribution >= 0.6 is 0 Å². The Morgan fingerprint density at radius 2 is 1.83 bits per heavy atom. The average Bonchev–Trinajstić information content (AvgIpc) is 2.55. The van der Waals surface area contributed by atoms with E-state index in [-0.39, 0.29) is 11.8 Å². The lowest BCUT2D eigenvalue weighted by Gasteiger charge is -2.33. The Morgan fingerprint density at radius 1 is 1.22 bits per heavy atom. The fourth-order valence-electron chi connectivity index (χ4n) is 2.95. The van der Waals surface area contributed by atoms with E-state index in [1.165, 1.54) is 10.6 Å².